The number of para-hydroxylation sites is 1. The van der Waals surface area contributed by atoms with Crippen molar-refractivity contribution in [1.82, 2.24) is 0 Å². The Morgan fingerprint density at radius 1 is 0.955 bits per heavy atom. The summed E-state index contributed by atoms with van der Waals surface area (Å²) >= 11 is 0. The fraction of sp³-hybridized carbons (Fsp3) is 0.235. The summed E-state index contributed by atoms with van der Waals surface area (Å²) in [5.41, 5.74) is 1.52. The molecule has 1 heterocycles. The first-order valence-electron chi connectivity index (χ1n) is 7.04. The molecule has 0 spiro atoms. The van der Waals surface area contributed by atoms with E-state index >= 15 is 0 Å². The molecule has 0 aliphatic carbocycles. The quantitative estimate of drug-likeness (QED) is 0.800. The van der Waals surface area contributed by atoms with Gasteiger partial charge < -0.3 is 4.90 Å². The summed E-state index contributed by atoms with van der Waals surface area (Å²) < 4.78 is 37.9. The van der Waals surface area contributed by atoms with Gasteiger partial charge in [0.15, 0.2) is 0 Å². The molecular formula is C17H14F3NO. The third-order valence-corrected chi connectivity index (χ3v) is 3.79. The molecule has 1 saturated heterocycles. The number of amides is 1. The number of carbonyl (C=O) groups excluding carboxylic acids is 1. The summed E-state index contributed by atoms with van der Waals surface area (Å²) in [6.45, 7) is 0.649. The highest BCUT2D eigenvalue weighted by molar-refractivity contribution is 5.99. The van der Waals surface area contributed by atoms with Gasteiger partial charge in [0.25, 0.3) is 0 Å². The average molecular weight is 305 g/mol. The maximum Gasteiger partial charge on any atom is 0.416 e. The number of alkyl halides is 3. The molecule has 0 aromatic heterocycles. The topological polar surface area (TPSA) is 20.3 Å². The number of nitrogens with zero attached hydrogens (tertiary/aromatic N) is 1. The van der Waals surface area contributed by atoms with E-state index in [0.717, 1.165) is 29.8 Å². The maximum atomic E-state index is 12.6. The Kier molecular flexibility index (Phi) is 3.64. The minimum Gasteiger partial charge on any atom is -0.312 e. The Morgan fingerprint density at radius 2 is 1.64 bits per heavy atom. The van der Waals surface area contributed by atoms with Gasteiger partial charge in [-0.3, -0.25) is 4.79 Å². The summed E-state index contributed by atoms with van der Waals surface area (Å²) in [5.74, 6) is 0.0550. The zero-order chi connectivity index (χ0) is 15.7. The summed E-state index contributed by atoms with van der Waals surface area (Å²) in [4.78, 5) is 13.6. The lowest BCUT2D eigenvalue weighted by Gasteiger charge is -2.20. The van der Waals surface area contributed by atoms with E-state index in [1.165, 1.54) is 12.1 Å². The minimum absolute atomic E-state index is 0.0550. The monoisotopic (exact) mass is 305 g/mol. The van der Waals surface area contributed by atoms with Crippen molar-refractivity contribution in [3.05, 3.63) is 54.1 Å². The fourth-order valence-corrected chi connectivity index (χ4v) is 2.69. The molecule has 2 aromatic rings. The third kappa shape index (κ3) is 2.71. The van der Waals surface area contributed by atoms with Crippen LogP contribution in [0.4, 0.5) is 18.9 Å². The number of anilines is 1. The molecule has 0 saturated carbocycles. The fourth-order valence-electron chi connectivity index (χ4n) is 2.69. The second-order valence-corrected chi connectivity index (χ2v) is 5.24. The first-order chi connectivity index (χ1) is 10.5. The predicted molar refractivity (Wildman–Crippen MR) is 78.5 cm³/mol. The number of carbonyl (C=O) groups is 1. The van der Waals surface area contributed by atoms with Crippen molar-refractivity contribution in [2.45, 2.75) is 19.0 Å². The van der Waals surface area contributed by atoms with Crippen molar-refractivity contribution in [3.8, 4) is 11.1 Å². The van der Waals surface area contributed by atoms with E-state index in [2.05, 4.69) is 0 Å². The molecular weight excluding hydrogens is 291 g/mol. The van der Waals surface area contributed by atoms with Crippen molar-refractivity contribution < 1.29 is 18.0 Å². The molecule has 1 aliphatic heterocycles. The SMILES string of the molecule is O=C1CCCN1c1ccccc1-c1ccc(C(F)(F)F)cc1. The average Bonchev–Trinajstić information content (AvgIpc) is 2.92. The molecule has 0 bridgehead atoms. The molecule has 3 rings (SSSR count). The van der Waals surface area contributed by atoms with E-state index < -0.39 is 11.7 Å². The van der Waals surface area contributed by atoms with Crippen LogP contribution < -0.4 is 4.90 Å². The van der Waals surface area contributed by atoms with Crippen LogP contribution in [-0.2, 0) is 11.0 Å². The summed E-state index contributed by atoms with van der Waals surface area (Å²) in [7, 11) is 0. The zero-order valence-electron chi connectivity index (χ0n) is 11.7. The van der Waals surface area contributed by atoms with Crippen molar-refractivity contribution in [2.75, 3.05) is 11.4 Å². The normalized spacial score (nSPS) is 15.4. The lowest BCUT2D eigenvalue weighted by Crippen LogP contribution is -2.24. The molecule has 22 heavy (non-hydrogen) atoms. The van der Waals surface area contributed by atoms with E-state index in [-0.39, 0.29) is 5.91 Å². The van der Waals surface area contributed by atoms with Gasteiger partial charge >= 0.3 is 6.18 Å². The zero-order valence-corrected chi connectivity index (χ0v) is 11.7. The number of rotatable bonds is 2. The Balaban J connectivity index is 2.00. The highest BCUT2D eigenvalue weighted by atomic mass is 19.4. The van der Waals surface area contributed by atoms with Gasteiger partial charge in [-0.2, -0.15) is 13.2 Å². The first kappa shape index (κ1) is 14.6. The summed E-state index contributed by atoms with van der Waals surface area (Å²) in [6.07, 6.45) is -3.02. The Morgan fingerprint density at radius 3 is 2.23 bits per heavy atom. The number of halogens is 3. The second kappa shape index (κ2) is 5.48. The van der Waals surface area contributed by atoms with Crippen molar-refractivity contribution in [2.24, 2.45) is 0 Å². The van der Waals surface area contributed by atoms with Crippen LogP contribution in [0.1, 0.15) is 18.4 Å². The van der Waals surface area contributed by atoms with Gasteiger partial charge in [-0.05, 0) is 30.2 Å². The van der Waals surface area contributed by atoms with E-state index in [1.807, 2.05) is 24.3 Å². The van der Waals surface area contributed by atoms with Crippen molar-refractivity contribution in [3.63, 3.8) is 0 Å². The molecule has 0 unspecified atom stereocenters. The molecule has 0 atom stereocenters. The molecule has 2 nitrogen and oxygen atoms in total. The number of hydrogen-bond donors (Lipinski definition) is 0. The van der Waals surface area contributed by atoms with Crippen LogP contribution in [0.15, 0.2) is 48.5 Å². The second-order valence-electron chi connectivity index (χ2n) is 5.24. The first-order valence-corrected chi connectivity index (χ1v) is 7.04. The Hall–Kier alpha value is -2.30. The van der Waals surface area contributed by atoms with E-state index in [9.17, 15) is 18.0 Å². The van der Waals surface area contributed by atoms with Crippen LogP contribution in [-0.4, -0.2) is 12.5 Å². The molecule has 1 amide bonds. The molecule has 2 aromatic carbocycles. The Labute approximate surface area is 126 Å². The van der Waals surface area contributed by atoms with Crippen LogP contribution in [0.5, 0.6) is 0 Å². The molecule has 0 N–H and O–H groups in total. The third-order valence-electron chi connectivity index (χ3n) is 3.79. The molecule has 5 heteroatoms. The van der Waals surface area contributed by atoms with E-state index in [1.54, 1.807) is 4.90 Å². The van der Waals surface area contributed by atoms with Gasteiger partial charge in [0.2, 0.25) is 5.91 Å². The van der Waals surface area contributed by atoms with Gasteiger partial charge in [0.05, 0.1) is 11.3 Å². The van der Waals surface area contributed by atoms with Gasteiger partial charge in [-0.15, -0.1) is 0 Å². The van der Waals surface area contributed by atoms with Gasteiger partial charge in [-0.25, -0.2) is 0 Å². The largest absolute Gasteiger partial charge is 0.416 e. The summed E-state index contributed by atoms with van der Waals surface area (Å²) in [6, 6.07) is 12.3. The van der Waals surface area contributed by atoms with Crippen LogP contribution in [0.3, 0.4) is 0 Å². The van der Waals surface area contributed by atoms with Crippen LogP contribution in [0.25, 0.3) is 11.1 Å². The van der Waals surface area contributed by atoms with Crippen molar-refractivity contribution >= 4 is 11.6 Å². The van der Waals surface area contributed by atoms with Crippen LogP contribution in [0, 0.1) is 0 Å². The molecule has 1 aliphatic rings. The Bertz CT molecular complexity index is 692. The van der Waals surface area contributed by atoms with E-state index in [4.69, 9.17) is 0 Å². The van der Waals surface area contributed by atoms with Crippen molar-refractivity contribution in [1.29, 1.82) is 0 Å². The highest BCUT2D eigenvalue weighted by Crippen LogP contribution is 2.35. The van der Waals surface area contributed by atoms with Crippen LogP contribution >= 0.6 is 0 Å². The summed E-state index contributed by atoms with van der Waals surface area (Å²) in [5, 5.41) is 0. The number of hydrogen-bond acceptors (Lipinski definition) is 1. The lowest BCUT2D eigenvalue weighted by atomic mass is 10.0. The standard InChI is InChI=1S/C17H14F3NO/c18-17(19,20)13-9-7-12(8-10-13)14-4-1-2-5-15(14)21-11-3-6-16(21)22/h1-2,4-5,7-10H,3,6,11H2. The van der Waals surface area contributed by atoms with E-state index in [0.29, 0.717) is 18.5 Å². The minimum atomic E-state index is -4.34. The molecule has 114 valence electrons. The maximum absolute atomic E-state index is 12.6. The predicted octanol–water partition coefficient (Wildman–Crippen LogP) is 4.50. The lowest BCUT2D eigenvalue weighted by molar-refractivity contribution is -0.137. The molecule has 1 fully saturated rings. The molecule has 0 radical (unpaired) electrons. The van der Waals surface area contributed by atoms with Gasteiger partial charge in [-0.1, -0.05) is 30.3 Å². The van der Waals surface area contributed by atoms with Crippen LogP contribution in [0.2, 0.25) is 0 Å². The van der Waals surface area contributed by atoms with Gasteiger partial charge in [0, 0.05) is 18.5 Å². The van der Waals surface area contributed by atoms with Gasteiger partial charge in [0.1, 0.15) is 0 Å². The smallest absolute Gasteiger partial charge is 0.312 e. The number of benzene rings is 2. The highest BCUT2D eigenvalue weighted by Gasteiger charge is 2.30.